The van der Waals surface area contributed by atoms with Crippen LogP contribution in [0.3, 0.4) is 0 Å². The van der Waals surface area contributed by atoms with Gasteiger partial charge in [0.05, 0.1) is 32.0 Å². The number of esters is 1. The summed E-state index contributed by atoms with van der Waals surface area (Å²) in [4.78, 5) is 25.1. The van der Waals surface area contributed by atoms with Gasteiger partial charge in [-0.05, 0) is 64.2 Å². The number of aliphatic hydroxyl groups is 5. The fraction of sp³-hybridized carbons (Fsp3) is 0.895. The number of aliphatic hydroxyl groups excluding tert-OH is 5. The number of rotatable bonds is 49. The van der Waals surface area contributed by atoms with Crippen LogP contribution in [0.4, 0.5) is 0 Å². The number of hydrogen-bond acceptors (Lipinski definition) is 10. The van der Waals surface area contributed by atoms with Crippen LogP contribution in [0.15, 0.2) is 24.3 Å². The van der Waals surface area contributed by atoms with Crippen LogP contribution in [0, 0.1) is 0 Å². The lowest BCUT2D eigenvalue weighted by Crippen LogP contribution is -2.60. The first kappa shape index (κ1) is 64.2. The Balaban J connectivity index is 2.07. The molecule has 1 aliphatic heterocycles. The Kier molecular flexibility index (Phi) is 44.8. The highest BCUT2D eigenvalue weighted by atomic mass is 16.7. The van der Waals surface area contributed by atoms with Crippen LogP contribution >= 0.6 is 0 Å². The Bertz CT molecular complexity index is 1180. The van der Waals surface area contributed by atoms with Gasteiger partial charge in [-0.2, -0.15) is 0 Å². The second-order valence-corrected chi connectivity index (χ2v) is 20.0. The minimum atomic E-state index is -1.58. The van der Waals surface area contributed by atoms with E-state index >= 15 is 0 Å². The lowest BCUT2D eigenvalue weighted by atomic mass is 9.99. The standard InChI is InChI=1S/C57H107NO10/c1-3-5-7-9-11-13-14-15-16-17-18-19-20-21-25-29-33-37-41-45-53(62)66-46-42-38-34-30-26-23-22-24-28-32-36-40-44-52(61)58-49(50(60)43-39-35-31-27-12-10-8-6-4-2)48-67-57-56(65)55(64)54(63)51(47-59)68-57/h23,26,39,43,49-51,54-57,59-60,63-65H,3-22,24-25,27-38,40-42,44-48H2,1-2H3,(H,58,61)/b26-23-,43-39+. The number of carbonyl (C=O) groups excluding carboxylic acids is 2. The first-order valence-electron chi connectivity index (χ1n) is 28.6. The molecule has 7 atom stereocenters. The molecule has 0 spiro atoms. The molecule has 0 aliphatic carbocycles. The molecule has 0 aromatic heterocycles. The fourth-order valence-electron chi connectivity index (χ4n) is 8.96. The molecule has 1 amide bonds. The highest BCUT2D eigenvalue weighted by Gasteiger charge is 2.44. The van der Waals surface area contributed by atoms with Gasteiger partial charge in [0.15, 0.2) is 6.29 Å². The second kappa shape index (κ2) is 47.5. The smallest absolute Gasteiger partial charge is 0.305 e. The Morgan fingerprint density at radius 1 is 0.529 bits per heavy atom. The van der Waals surface area contributed by atoms with Crippen molar-refractivity contribution >= 4 is 11.9 Å². The number of ether oxygens (including phenoxy) is 3. The van der Waals surface area contributed by atoms with Crippen molar-refractivity contribution in [2.24, 2.45) is 0 Å². The van der Waals surface area contributed by atoms with E-state index in [1.165, 1.54) is 141 Å². The maximum Gasteiger partial charge on any atom is 0.305 e. The van der Waals surface area contributed by atoms with Crippen molar-refractivity contribution in [3.8, 4) is 0 Å². The molecule has 0 bridgehead atoms. The highest BCUT2D eigenvalue weighted by Crippen LogP contribution is 2.23. The van der Waals surface area contributed by atoms with E-state index in [9.17, 15) is 35.1 Å². The summed E-state index contributed by atoms with van der Waals surface area (Å²) < 4.78 is 16.6. The summed E-state index contributed by atoms with van der Waals surface area (Å²) in [5, 5.41) is 54.1. The summed E-state index contributed by atoms with van der Waals surface area (Å²) in [6.45, 7) is 4.24. The first-order valence-corrected chi connectivity index (χ1v) is 28.6. The van der Waals surface area contributed by atoms with Gasteiger partial charge < -0.3 is 45.1 Å². The van der Waals surface area contributed by atoms with Gasteiger partial charge >= 0.3 is 5.97 Å². The van der Waals surface area contributed by atoms with Crippen LogP contribution in [-0.2, 0) is 23.8 Å². The van der Waals surface area contributed by atoms with E-state index in [-0.39, 0.29) is 18.5 Å². The van der Waals surface area contributed by atoms with Crippen LogP contribution in [0.5, 0.6) is 0 Å². The molecule has 11 nitrogen and oxygen atoms in total. The highest BCUT2D eigenvalue weighted by molar-refractivity contribution is 5.76. The van der Waals surface area contributed by atoms with Crippen molar-refractivity contribution in [1.82, 2.24) is 5.32 Å². The molecule has 0 aromatic carbocycles. The number of carbonyl (C=O) groups is 2. The quantitative estimate of drug-likeness (QED) is 0.0196. The third-order valence-corrected chi connectivity index (χ3v) is 13.6. The van der Waals surface area contributed by atoms with E-state index in [0.717, 1.165) is 96.3 Å². The number of allylic oxidation sites excluding steroid dienone is 3. The molecule has 11 heteroatoms. The number of amides is 1. The minimum Gasteiger partial charge on any atom is -0.466 e. The largest absolute Gasteiger partial charge is 0.466 e. The molecule has 400 valence electrons. The Labute approximate surface area is 416 Å². The summed E-state index contributed by atoms with van der Waals surface area (Å²) in [6.07, 6.45) is 45.7. The van der Waals surface area contributed by atoms with E-state index in [4.69, 9.17) is 14.2 Å². The van der Waals surface area contributed by atoms with Crippen molar-refractivity contribution in [2.45, 2.75) is 307 Å². The summed E-state index contributed by atoms with van der Waals surface area (Å²) in [7, 11) is 0. The van der Waals surface area contributed by atoms with E-state index in [2.05, 4.69) is 31.3 Å². The van der Waals surface area contributed by atoms with Gasteiger partial charge in [0.2, 0.25) is 5.91 Å². The molecule has 0 aromatic rings. The molecular weight excluding hydrogens is 859 g/mol. The molecule has 1 fully saturated rings. The van der Waals surface area contributed by atoms with Gasteiger partial charge in [-0.3, -0.25) is 9.59 Å². The van der Waals surface area contributed by atoms with Crippen LogP contribution in [0.1, 0.15) is 264 Å². The fourth-order valence-corrected chi connectivity index (χ4v) is 8.96. The monoisotopic (exact) mass is 966 g/mol. The van der Waals surface area contributed by atoms with Crippen LogP contribution < -0.4 is 5.32 Å². The minimum absolute atomic E-state index is 0.0424. The van der Waals surface area contributed by atoms with Crippen LogP contribution in [-0.4, -0.2) is 100 Å². The second-order valence-electron chi connectivity index (χ2n) is 20.0. The van der Waals surface area contributed by atoms with E-state index in [1.807, 2.05) is 6.08 Å². The SMILES string of the molecule is CCCCCCCCC/C=C/C(O)C(COC1OC(CO)C(O)C(O)C1O)NC(=O)CCCCCCC/C=C\CCCCCOC(=O)CCCCCCCCCCCCCCCCCCCCC. The van der Waals surface area contributed by atoms with Crippen molar-refractivity contribution in [1.29, 1.82) is 0 Å². The lowest BCUT2D eigenvalue weighted by molar-refractivity contribution is -0.302. The predicted octanol–water partition coefficient (Wildman–Crippen LogP) is 12.6. The zero-order chi connectivity index (χ0) is 49.6. The Morgan fingerprint density at radius 3 is 1.41 bits per heavy atom. The van der Waals surface area contributed by atoms with Gasteiger partial charge in [-0.25, -0.2) is 0 Å². The van der Waals surface area contributed by atoms with Gasteiger partial charge in [-0.1, -0.05) is 212 Å². The lowest BCUT2D eigenvalue weighted by Gasteiger charge is -2.40. The molecule has 1 heterocycles. The van der Waals surface area contributed by atoms with Gasteiger partial charge in [0.25, 0.3) is 0 Å². The van der Waals surface area contributed by atoms with Crippen LogP contribution in [0.25, 0.3) is 0 Å². The number of hydrogen-bond donors (Lipinski definition) is 6. The topological polar surface area (TPSA) is 175 Å². The Hall–Kier alpha value is -1.86. The van der Waals surface area contributed by atoms with Crippen molar-refractivity contribution in [3.63, 3.8) is 0 Å². The molecule has 0 radical (unpaired) electrons. The van der Waals surface area contributed by atoms with Gasteiger partial charge in [-0.15, -0.1) is 0 Å². The normalized spacial score (nSPS) is 19.5. The first-order chi connectivity index (χ1) is 33.2. The van der Waals surface area contributed by atoms with Crippen molar-refractivity contribution in [2.75, 3.05) is 19.8 Å². The van der Waals surface area contributed by atoms with E-state index in [1.54, 1.807) is 6.08 Å². The van der Waals surface area contributed by atoms with E-state index in [0.29, 0.717) is 19.4 Å². The maximum absolute atomic E-state index is 13.0. The summed E-state index contributed by atoms with van der Waals surface area (Å²) in [5.41, 5.74) is 0. The Morgan fingerprint density at radius 2 is 0.941 bits per heavy atom. The molecule has 7 unspecified atom stereocenters. The zero-order valence-electron chi connectivity index (χ0n) is 43.8. The average Bonchev–Trinajstić information content (AvgIpc) is 3.33. The van der Waals surface area contributed by atoms with Crippen molar-refractivity contribution < 1.29 is 49.3 Å². The van der Waals surface area contributed by atoms with Gasteiger partial charge in [0.1, 0.15) is 24.4 Å². The summed E-state index contributed by atoms with van der Waals surface area (Å²) >= 11 is 0. The predicted molar refractivity (Wildman–Crippen MR) is 278 cm³/mol. The summed E-state index contributed by atoms with van der Waals surface area (Å²) in [6, 6.07) is -0.826. The zero-order valence-corrected chi connectivity index (χ0v) is 43.8. The molecule has 0 saturated carbocycles. The number of nitrogens with one attached hydrogen (secondary N) is 1. The van der Waals surface area contributed by atoms with Crippen molar-refractivity contribution in [3.05, 3.63) is 24.3 Å². The average molecular weight is 966 g/mol. The molecular formula is C57H107NO10. The molecule has 1 aliphatic rings. The molecule has 6 N–H and O–H groups in total. The molecule has 68 heavy (non-hydrogen) atoms. The van der Waals surface area contributed by atoms with E-state index < -0.39 is 49.5 Å². The van der Waals surface area contributed by atoms with Gasteiger partial charge in [0, 0.05) is 12.8 Å². The third-order valence-electron chi connectivity index (χ3n) is 13.6. The molecule has 1 saturated heterocycles. The third kappa shape index (κ3) is 37.0. The maximum atomic E-state index is 13.0. The molecule has 1 rings (SSSR count). The summed E-state index contributed by atoms with van der Waals surface area (Å²) in [5.74, 6) is -0.252. The van der Waals surface area contributed by atoms with Crippen LogP contribution in [0.2, 0.25) is 0 Å². The number of unbranched alkanes of at least 4 members (excludes halogenated alkanes) is 33.